The van der Waals surface area contributed by atoms with E-state index in [2.05, 4.69) is 80.6 Å². The summed E-state index contributed by atoms with van der Waals surface area (Å²) in [6.45, 7) is 7.87. The molecule has 0 aromatic carbocycles. The van der Waals surface area contributed by atoms with Crippen LogP contribution in [0.2, 0.25) is 0 Å². The molecular weight excluding hydrogens is 567 g/mol. The first-order valence-corrected chi connectivity index (χ1v) is 15.7. The zero-order valence-electron chi connectivity index (χ0n) is 21.0. The maximum absolute atomic E-state index is 7.00. The van der Waals surface area contributed by atoms with Gasteiger partial charge >= 0.3 is 0 Å². The lowest BCUT2D eigenvalue weighted by Crippen LogP contribution is -2.38. The molecule has 2 saturated carbocycles. The van der Waals surface area contributed by atoms with E-state index < -0.39 is 0 Å². The van der Waals surface area contributed by atoms with Crippen molar-refractivity contribution in [2.75, 3.05) is 44.5 Å². The average Bonchev–Trinajstić information content (AvgIpc) is 3.67. The minimum atomic E-state index is 0.347. The number of thiocarbonyl (C=S) groups is 1. The van der Waals surface area contributed by atoms with Gasteiger partial charge in [0.2, 0.25) is 0 Å². The third-order valence-electron chi connectivity index (χ3n) is 6.33. The fourth-order valence-electron chi connectivity index (χ4n) is 4.75. The van der Waals surface area contributed by atoms with Crippen LogP contribution < -0.4 is 5.32 Å². The highest BCUT2D eigenvalue weighted by atomic mass is 127. The van der Waals surface area contributed by atoms with Gasteiger partial charge in [-0.25, -0.2) is 10.0 Å². The van der Waals surface area contributed by atoms with Gasteiger partial charge in [0.1, 0.15) is 0 Å². The molecule has 0 unspecified atom stereocenters. The van der Waals surface area contributed by atoms with E-state index in [1.165, 1.54) is 51.4 Å². The molecule has 7 nitrogen and oxygen atoms in total. The largest absolute Gasteiger partial charge is 0.400 e. The number of hydrogen-bond acceptors (Lipinski definition) is 6. The lowest BCUT2D eigenvalue weighted by molar-refractivity contribution is 0.344. The van der Waals surface area contributed by atoms with Crippen LogP contribution in [0.15, 0.2) is 15.2 Å². The molecule has 2 aliphatic heterocycles. The Labute approximate surface area is 224 Å². The third-order valence-corrected chi connectivity index (χ3v) is 7.39. The maximum atomic E-state index is 7.00. The van der Waals surface area contributed by atoms with E-state index in [-0.39, 0.29) is 0 Å². The summed E-state index contributed by atoms with van der Waals surface area (Å²) < 4.78 is 0. The number of nitrogens with zero attached hydrogens (tertiary/aromatic N) is 5. The van der Waals surface area contributed by atoms with Crippen LogP contribution >= 0.6 is 46.6 Å². The summed E-state index contributed by atoms with van der Waals surface area (Å²) in [4.78, 5) is 6.44. The molecule has 190 valence electrons. The van der Waals surface area contributed by atoms with Crippen LogP contribution in [0.4, 0.5) is 0 Å². The number of aliphatic hydroxyl groups is 1. The van der Waals surface area contributed by atoms with E-state index in [1.54, 1.807) is 11.8 Å². The standard InChI is InChI=1S/C11H19N3S.C10H17N3S.CH3I.CH4O/c1-3-12-10(15-2)14-9-11(8-13-14)6-4-5-7-11;1-2-11-9(14)13-8-10(7-12-13)5-3-4-6-10;2*1-2/h8H,3-7,9H2,1-2H3;7H,2-6,8H2,1H3,(H,11,14);1H3;2H,1H3. The van der Waals surface area contributed by atoms with Crippen LogP contribution in [-0.2, 0) is 0 Å². The van der Waals surface area contributed by atoms with E-state index in [1.807, 2.05) is 9.94 Å². The summed E-state index contributed by atoms with van der Waals surface area (Å²) in [5, 5.41) is 24.9. The van der Waals surface area contributed by atoms with Gasteiger partial charge in [-0.05, 0) is 62.9 Å². The first-order valence-electron chi connectivity index (χ1n) is 11.9. The van der Waals surface area contributed by atoms with Crippen LogP contribution in [0.5, 0.6) is 0 Å². The molecule has 0 radical (unpaired) electrons. The monoisotopic (exact) mass is 610 g/mol. The number of aliphatic imine (C=N–C) groups is 1. The molecule has 0 aromatic rings. The number of halogens is 1. The molecule has 4 rings (SSSR count). The quantitative estimate of drug-likeness (QED) is 0.151. The number of amidine groups is 1. The fourth-order valence-corrected chi connectivity index (χ4v) is 5.58. The van der Waals surface area contributed by atoms with E-state index in [4.69, 9.17) is 17.3 Å². The van der Waals surface area contributed by atoms with Crippen molar-refractivity contribution >= 4 is 69.3 Å². The molecule has 0 aromatic heterocycles. The Kier molecular flexibility index (Phi) is 15.1. The molecule has 0 atom stereocenters. The first kappa shape index (κ1) is 30.6. The summed E-state index contributed by atoms with van der Waals surface area (Å²) in [7, 11) is 1.00. The van der Waals surface area contributed by atoms with Crippen LogP contribution in [0.25, 0.3) is 0 Å². The van der Waals surface area contributed by atoms with E-state index >= 15 is 0 Å². The topological polar surface area (TPSA) is 75.8 Å². The Bertz CT molecular complexity index is 661. The molecule has 2 aliphatic carbocycles. The predicted molar refractivity (Wildman–Crippen MR) is 158 cm³/mol. The molecule has 4 aliphatic rings. The number of hydrogen-bond donors (Lipinski definition) is 2. The van der Waals surface area contributed by atoms with E-state index in [0.29, 0.717) is 10.8 Å². The average molecular weight is 611 g/mol. The molecule has 2 spiro atoms. The van der Waals surface area contributed by atoms with Gasteiger partial charge in [-0.3, -0.25) is 4.99 Å². The second kappa shape index (κ2) is 16.3. The van der Waals surface area contributed by atoms with Gasteiger partial charge in [-0.2, -0.15) is 10.2 Å². The van der Waals surface area contributed by atoms with Crippen molar-refractivity contribution in [1.82, 2.24) is 15.3 Å². The van der Waals surface area contributed by atoms with Gasteiger partial charge in [0.15, 0.2) is 10.3 Å². The Morgan fingerprint density at radius 1 is 1.00 bits per heavy atom. The Hall–Kier alpha value is -0.460. The number of rotatable bonds is 2. The van der Waals surface area contributed by atoms with Crippen LogP contribution in [0, 0.1) is 10.8 Å². The highest BCUT2D eigenvalue weighted by Gasteiger charge is 2.39. The smallest absolute Gasteiger partial charge is 0.189 e. The van der Waals surface area contributed by atoms with Crippen molar-refractivity contribution in [2.24, 2.45) is 26.0 Å². The summed E-state index contributed by atoms with van der Waals surface area (Å²) in [6, 6.07) is 0. The number of thioether (sulfide) groups is 1. The van der Waals surface area contributed by atoms with Gasteiger partial charge in [-0.15, -0.1) is 0 Å². The van der Waals surface area contributed by atoms with E-state index in [0.717, 1.165) is 43.6 Å². The molecule has 2 N–H and O–H groups in total. The molecule has 0 saturated heterocycles. The number of alkyl halides is 1. The van der Waals surface area contributed by atoms with Crippen molar-refractivity contribution < 1.29 is 5.11 Å². The lowest BCUT2D eigenvalue weighted by atomic mass is 9.89. The third kappa shape index (κ3) is 8.92. The molecule has 2 heterocycles. The van der Waals surface area contributed by atoms with Crippen LogP contribution in [-0.4, -0.2) is 82.3 Å². The number of aliphatic hydroxyl groups excluding tert-OH is 1. The molecule has 33 heavy (non-hydrogen) atoms. The molecule has 0 bridgehead atoms. The molecular formula is C23H43IN6OS2. The normalized spacial score (nSPS) is 21.4. The van der Waals surface area contributed by atoms with Gasteiger partial charge in [0.05, 0.1) is 13.1 Å². The zero-order chi connectivity index (χ0) is 24.7. The van der Waals surface area contributed by atoms with Gasteiger partial charge in [0.25, 0.3) is 0 Å². The fraction of sp³-hybridized carbons (Fsp3) is 0.826. The second-order valence-corrected chi connectivity index (χ2v) is 9.70. The zero-order valence-corrected chi connectivity index (χ0v) is 24.8. The minimum Gasteiger partial charge on any atom is -0.400 e. The predicted octanol–water partition coefficient (Wildman–Crippen LogP) is 4.99. The van der Waals surface area contributed by atoms with Crippen LogP contribution in [0.3, 0.4) is 0 Å². The summed E-state index contributed by atoms with van der Waals surface area (Å²) >= 11 is 9.08. The lowest BCUT2D eigenvalue weighted by Gasteiger charge is -2.22. The van der Waals surface area contributed by atoms with E-state index in [9.17, 15) is 0 Å². The highest BCUT2D eigenvalue weighted by Crippen LogP contribution is 2.41. The highest BCUT2D eigenvalue weighted by molar-refractivity contribution is 14.1. The first-order chi connectivity index (χ1) is 16.1. The van der Waals surface area contributed by atoms with Crippen molar-refractivity contribution in [2.45, 2.75) is 65.2 Å². The van der Waals surface area contributed by atoms with Gasteiger partial charge in [-0.1, -0.05) is 60.0 Å². The van der Waals surface area contributed by atoms with Gasteiger partial charge in [0, 0.05) is 43.5 Å². The molecule has 10 heteroatoms. The van der Waals surface area contributed by atoms with Crippen molar-refractivity contribution in [3.8, 4) is 0 Å². The Morgan fingerprint density at radius 3 is 1.88 bits per heavy atom. The van der Waals surface area contributed by atoms with Crippen molar-refractivity contribution in [1.29, 1.82) is 0 Å². The van der Waals surface area contributed by atoms with Crippen molar-refractivity contribution in [3.05, 3.63) is 0 Å². The summed E-state index contributed by atoms with van der Waals surface area (Å²) in [6.07, 6.45) is 16.9. The van der Waals surface area contributed by atoms with Crippen LogP contribution in [0.1, 0.15) is 65.2 Å². The summed E-state index contributed by atoms with van der Waals surface area (Å²) in [5.74, 6) is 0. The molecule has 0 amide bonds. The maximum Gasteiger partial charge on any atom is 0.189 e. The Balaban J connectivity index is 0.000000288. The number of nitrogens with one attached hydrogen (secondary N) is 1. The van der Waals surface area contributed by atoms with Gasteiger partial charge < -0.3 is 10.4 Å². The minimum absolute atomic E-state index is 0.347. The van der Waals surface area contributed by atoms with Crippen molar-refractivity contribution in [3.63, 3.8) is 0 Å². The Morgan fingerprint density at radius 2 is 1.45 bits per heavy atom. The summed E-state index contributed by atoms with van der Waals surface area (Å²) in [5.41, 5.74) is 0.726. The number of hydrazone groups is 2. The second-order valence-electron chi connectivity index (χ2n) is 8.54. The SMILES string of the molecule is CCN=C(SC)N1CC2(C=N1)CCCC2.CCNC(=S)N1CC2(C=N1)CCCC2.CI.CO. The molecule has 2 fully saturated rings.